The first-order valence-electron chi connectivity index (χ1n) is 6.51. The molecule has 17 heavy (non-hydrogen) atoms. The lowest BCUT2D eigenvalue weighted by atomic mass is 9.88. The molecular formula is C16H23N. The number of aryl methyl sites for hydroxylation is 1. The number of likely N-dealkylation sites (N-methyl/N-ethyl adjacent to an activating group) is 1. The quantitative estimate of drug-likeness (QED) is 0.704. The Morgan fingerprint density at radius 3 is 2.59 bits per heavy atom. The van der Waals surface area contributed by atoms with Gasteiger partial charge in [-0.05, 0) is 37.4 Å². The summed E-state index contributed by atoms with van der Waals surface area (Å²) >= 11 is 0. The highest BCUT2D eigenvalue weighted by Crippen LogP contribution is 2.23. The van der Waals surface area contributed by atoms with Crippen molar-refractivity contribution < 1.29 is 0 Å². The van der Waals surface area contributed by atoms with Crippen LogP contribution in [0.15, 0.2) is 24.3 Å². The standard InChI is InChI=1S/C14H17N.C2H6/c1-3-10-15(2)14-9-8-12-6-4-5-7-13(12)11-14;1-2/h1,4-7,14H,8-11H2,2H3;1-2H3. The molecule has 0 heterocycles. The number of terminal acetylenes is 1. The van der Waals surface area contributed by atoms with Crippen molar-refractivity contribution in [1.29, 1.82) is 0 Å². The summed E-state index contributed by atoms with van der Waals surface area (Å²) in [7, 11) is 2.12. The lowest BCUT2D eigenvalue weighted by Gasteiger charge is -2.31. The number of hydrogen-bond donors (Lipinski definition) is 0. The number of benzene rings is 1. The molecule has 0 saturated carbocycles. The van der Waals surface area contributed by atoms with Gasteiger partial charge in [0, 0.05) is 6.04 Å². The predicted molar refractivity (Wildman–Crippen MR) is 75.1 cm³/mol. The number of hydrogen-bond acceptors (Lipinski definition) is 1. The van der Waals surface area contributed by atoms with Crippen molar-refractivity contribution in [2.24, 2.45) is 0 Å². The maximum Gasteiger partial charge on any atom is 0.0598 e. The smallest absolute Gasteiger partial charge is 0.0598 e. The second-order valence-electron chi connectivity index (χ2n) is 4.28. The van der Waals surface area contributed by atoms with Crippen LogP contribution in [0.3, 0.4) is 0 Å². The Hall–Kier alpha value is -1.26. The largest absolute Gasteiger partial charge is 0.292 e. The van der Waals surface area contributed by atoms with Crippen molar-refractivity contribution in [3.63, 3.8) is 0 Å². The summed E-state index contributed by atoms with van der Waals surface area (Å²) in [4.78, 5) is 2.29. The van der Waals surface area contributed by atoms with Gasteiger partial charge >= 0.3 is 0 Å². The van der Waals surface area contributed by atoms with Crippen molar-refractivity contribution in [3.8, 4) is 12.3 Å². The Kier molecular flexibility index (Phi) is 5.80. The van der Waals surface area contributed by atoms with Gasteiger partial charge in [0.15, 0.2) is 0 Å². The molecule has 0 aliphatic heterocycles. The summed E-state index contributed by atoms with van der Waals surface area (Å²) in [5, 5.41) is 0. The van der Waals surface area contributed by atoms with Gasteiger partial charge in [0.05, 0.1) is 6.54 Å². The Morgan fingerprint density at radius 2 is 1.94 bits per heavy atom. The Bertz CT molecular complexity index is 375. The summed E-state index contributed by atoms with van der Waals surface area (Å²) < 4.78 is 0. The number of rotatable bonds is 2. The second-order valence-corrected chi connectivity index (χ2v) is 4.28. The van der Waals surface area contributed by atoms with Crippen LogP contribution in [0.25, 0.3) is 0 Å². The van der Waals surface area contributed by atoms with Crippen molar-refractivity contribution in [2.75, 3.05) is 13.6 Å². The fourth-order valence-electron chi connectivity index (χ4n) is 2.33. The van der Waals surface area contributed by atoms with E-state index < -0.39 is 0 Å². The van der Waals surface area contributed by atoms with Gasteiger partial charge in [-0.15, -0.1) is 6.42 Å². The van der Waals surface area contributed by atoms with Crippen LogP contribution < -0.4 is 0 Å². The van der Waals surface area contributed by atoms with Gasteiger partial charge in [-0.1, -0.05) is 44.0 Å². The summed E-state index contributed by atoms with van der Waals surface area (Å²) in [6.07, 6.45) is 8.91. The summed E-state index contributed by atoms with van der Waals surface area (Å²) in [5.74, 6) is 2.71. The maximum atomic E-state index is 5.34. The van der Waals surface area contributed by atoms with Crippen LogP contribution in [0.5, 0.6) is 0 Å². The van der Waals surface area contributed by atoms with E-state index in [-0.39, 0.29) is 0 Å². The lowest BCUT2D eigenvalue weighted by molar-refractivity contribution is 0.247. The molecule has 92 valence electrons. The third-order valence-electron chi connectivity index (χ3n) is 3.28. The molecule has 1 atom stereocenters. The molecule has 0 bridgehead atoms. The predicted octanol–water partition coefficient (Wildman–Crippen LogP) is 3.14. The molecule has 0 aromatic heterocycles. The molecule has 1 aliphatic rings. The molecule has 0 amide bonds. The van der Waals surface area contributed by atoms with E-state index in [2.05, 4.69) is 42.1 Å². The molecule has 1 unspecified atom stereocenters. The molecule has 0 saturated heterocycles. The van der Waals surface area contributed by atoms with Gasteiger partial charge in [-0.2, -0.15) is 0 Å². The molecule has 1 aromatic carbocycles. The molecule has 1 aliphatic carbocycles. The van der Waals surface area contributed by atoms with E-state index in [1.54, 1.807) is 0 Å². The minimum absolute atomic E-state index is 0.621. The molecular weight excluding hydrogens is 206 g/mol. The van der Waals surface area contributed by atoms with Crippen LogP contribution in [-0.4, -0.2) is 24.5 Å². The highest BCUT2D eigenvalue weighted by atomic mass is 15.1. The fourth-order valence-corrected chi connectivity index (χ4v) is 2.33. The molecule has 0 spiro atoms. The highest BCUT2D eigenvalue weighted by Gasteiger charge is 2.20. The first-order chi connectivity index (χ1) is 8.31. The van der Waals surface area contributed by atoms with E-state index in [1.807, 2.05) is 13.8 Å². The Balaban J connectivity index is 0.000000686. The maximum absolute atomic E-state index is 5.34. The first-order valence-corrected chi connectivity index (χ1v) is 6.51. The van der Waals surface area contributed by atoms with Gasteiger partial charge in [-0.3, -0.25) is 4.90 Å². The zero-order valence-corrected chi connectivity index (χ0v) is 11.2. The molecule has 1 nitrogen and oxygen atoms in total. The normalized spacial score (nSPS) is 17.7. The van der Waals surface area contributed by atoms with Crippen LogP contribution in [0.2, 0.25) is 0 Å². The Morgan fingerprint density at radius 1 is 1.29 bits per heavy atom. The van der Waals surface area contributed by atoms with Crippen LogP contribution in [0.1, 0.15) is 31.4 Å². The third-order valence-corrected chi connectivity index (χ3v) is 3.28. The van der Waals surface area contributed by atoms with Crippen molar-refractivity contribution in [3.05, 3.63) is 35.4 Å². The third kappa shape index (κ3) is 3.61. The monoisotopic (exact) mass is 229 g/mol. The topological polar surface area (TPSA) is 3.24 Å². The minimum atomic E-state index is 0.621. The lowest BCUT2D eigenvalue weighted by Crippen LogP contribution is -2.36. The molecule has 0 fully saturated rings. The van der Waals surface area contributed by atoms with Crippen molar-refractivity contribution in [1.82, 2.24) is 4.90 Å². The number of nitrogens with zero attached hydrogens (tertiary/aromatic N) is 1. The van der Waals surface area contributed by atoms with Crippen molar-refractivity contribution >= 4 is 0 Å². The molecule has 2 rings (SSSR count). The number of fused-ring (bicyclic) bond motifs is 1. The van der Waals surface area contributed by atoms with Crippen LogP contribution >= 0.6 is 0 Å². The van der Waals surface area contributed by atoms with Gasteiger partial charge in [0.1, 0.15) is 0 Å². The minimum Gasteiger partial charge on any atom is -0.292 e. The SMILES string of the molecule is C#CCN(C)C1CCc2ccccc2C1.CC. The molecule has 1 heteroatoms. The van der Waals surface area contributed by atoms with E-state index in [0.717, 1.165) is 13.0 Å². The first kappa shape index (κ1) is 13.8. The summed E-state index contributed by atoms with van der Waals surface area (Å²) in [6.45, 7) is 4.76. The average Bonchev–Trinajstić information content (AvgIpc) is 2.41. The Labute approximate surface area is 106 Å². The second kappa shape index (κ2) is 7.14. The molecule has 0 N–H and O–H groups in total. The summed E-state index contributed by atoms with van der Waals surface area (Å²) in [5.41, 5.74) is 3.01. The fraction of sp³-hybridized carbons (Fsp3) is 0.500. The van der Waals surface area contributed by atoms with Gasteiger partial charge < -0.3 is 0 Å². The summed E-state index contributed by atoms with van der Waals surface area (Å²) in [6, 6.07) is 9.36. The van der Waals surface area contributed by atoms with Gasteiger partial charge in [0.25, 0.3) is 0 Å². The highest BCUT2D eigenvalue weighted by molar-refractivity contribution is 5.30. The van der Waals surface area contributed by atoms with E-state index in [0.29, 0.717) is 6.04 Å². The van der Waals surface area contributed by atoms with E-state index >= 15 is 0 Å². The van der Waals surface area contributed by atoms with Gasteiger partial charge in [-0.25, -0.2) is 0 Å². The zero-order chi connectivity index (χ0) is 12.7. The van der Waals surface area contributed by atoms with Crippen LogP contribution in [0.4, 0.5) is 0 Å². The van der Waals surface area contributed by atoms with Crippen LogP contribution in [0, 0.1) is 12.3 Å². The molecule has 1 aromatic rings. The molecule has 0 radical (unpaired) electrons. The average molecular weight is 229 g/mol. The van der Waals surface area contributed by atoms with E-state index in [1.165, 1.54) is 24.0 Å². The van der Waals surface area contributed by atoms with Crippen LogP contribution in [-0.2, 0) is 12.8 Å². The van der Waals surface area contributed by atoms with E-state index in [9.17, 15) is 0 Å². The van der Waals surface area contributed by atoms with E-state index in [4.69, 9.17) is 6.42 Å². The zero-order valence-electron chi connectivity index (χ0n) is 11.2. The van der Waals surface area contributed by atoms with Gasteiger partial charge in [0.2, 0.25) is 0 Å². The van der Waals surface area contributed by atoms with Crippen molar-refractivity contribution in [2.45, 2.75) is 39.2 Å².